The summed E-state index contributed by atoms with van der Waals surface area (Å²) in [5, 5.41) is 3.06. The summed E-state index contributed by atoms with van der Waals surface area (Å²) in [6, 6.07) is -0.778. The van der Waals surface area contributed by atoms with Gasteiger partial charge in [0.25, 0.3) is 10.2 Å². The third-order valence-corrected chi connectivity index (χ3v) is 6.25. The normalized spacial score (nSPS) is 29.2. The molecule has 0 aliphatic carbocycles. The zero-order chi connectivity index (χ0) is 15.5. The lowest BCUT2D eigenvalue weighted by Crippen LogP contribution is -2.61. The van der Waals surface area contributed by atoms with Gasteiger partial charge < -0.3 is 10.1 Å². The smallest absolute Gasteiger partial charge is 0.325 e. The van der Waals surface area contributed by atoms with E-state index in [2.05, 4.69) is 5.32 Å². The molecule has 2 aliphatic heterocycles. The minimum absolute atomic E-state index is 0.0125. The molecule has 2 atom stereocenters. The van der Waals surface area contributed by atoms with Crippen LogP contribution < -0.4 is 5.32 Å². The van der Waals surface area contributed by atoms with Crippen LogP contribution in [0.3, 0.4) is 0 Å². The summed E-state index contributed by atoms with van der Waals surface area (Å²) in [7, 11) is -3.62. The number of piperazine rings is 1. The number of carbonyl (C=O) groups excluding carboxylic acids is 1. The van der Waals surface area contributed by atoms with E-state index in [1.807, 2.05) is 6.92 Å². The van der Waals surface area contributed by atoms with Crippen molar-refractivity contribution in [3.8, 4) is 0 Å². The minimum atomic E-state index is -3.62. The van der Waals surface area contributed by atoms with Crippen LogP contribution in [0.5, 0.6) is 0 Å². The predicted octanol–water partition coefficient (Wildman–Crippen LogP) is -0.0575. The standard InChI is InChI=1S/C13H25N3O4S/c1-3-20-13(17)12-10-14-7-9-16(12)21(18,19)15-8-5-4-6-11(15)2/h11-12,14H,3-10H2,1-2H3. The van der Waals surface area contributed by atoms with Gasteiger partial charge >= 0.3 is 5.97 Å². The van der Waals surface area contributed by atoms with Gasteiger partial charge in [0.2, 0.25) is 0 Å². The Morgan fingerprint density at radius 1 is 1.29 bits per heavy atom. The summed E-state index contributed by atoms with van der Waals surface area (Å²) < 4.78 is 33.6. The van der Waals surface area contributed by atoms with Crippen LogP contribution in [0, 0.1) is 0 Å². The van der Waals surface area contributed by atoms with Gasteiger partial charge in [-0.3, -0.25) is 4.79 Å². The maximum Gasteiger partial charge on any atom is 0.325 e. The highest BCUT2D eigenvalue weighted by atomic mass is 32.2. The van der Waals surface area contributed by atoms with E-state index in [1.165, 1.54) is 8.61 Å². The Balaban J connectivity index is 2.20. The summed E-state index contributed by atoms with van der Waals surface area (Å²) >= 11 is 0. The van der Waals surface area contributed by atoms with Gasteiger partial charge in [-0.1, -0.05) is 6.42 Å². The first-order valence-corrected chi connectivity index (χ1v) is 9.04. The Kier molecular flexibility index (Phi) is 5.59. The van der Waals surface area contributed by atoms with E-state index in [9.17, 15) is 13.2 Å². The topological polar surface area (TPSA) is 79.0 Å². The van der Waals surface area contributed by atoms with Crippen molar-refractivity contribution >= 4 is 16.2 Å². The van der Waals surface area contributed by atoms with E-state index < -0.39 is 22.2 Å². The Bertz CT molecular complexity index is 468. The SMILES string of the molecule is CCOC(=O)C1CNCCN1S(=O)(=O)N1CCCCC1C. The van der Waals surface area contributed by atoms with Crippen LogP contribution in [0.15, 0.2) is 0 Å². The van der Waals surface area contributed by atoms with Gasteiger partial charge in [0.1, 0.15) is 6.04 Å². The first kappa shape index (κ1) is 16.7. The molecule has 2 heterocycles. The van der Waals surface area contributed by atoms with Crippen molar-refractivity contribution in [3.63, 3.8) is 0 Å². The molecule has 2 fully saturated rings. The molecule has 0 saturated carbocycles. The molecule has 0 spiro atoms. The van der Waals surface area contributed by atoms with Crippen LogP contribution in [0.2, 0.25) is 0 Å². The number of carbonyl (C=O) groups is 1. The Morgan fingerprint density at radius 2 is 2.05 bits per heavy atom. The first-order chi connectivity index (χ1) is 9.98. The number of hydrogen-bond acceptors (Lipinski definition) is 5. The molecule has 1 N–H and O–H groups in total. The highest BCUT2D eigenvalue weighted by molar-refractivity contribution is 7.86. The fourth-order valence-corrected chi connectivity index (χ4v) is 4.94. The maximum atomic E-state index is 12.9. The molecule has 122 valence electrons. The summed E-state index contributed by atoms with van der Waals surface area (Å²) in [6.45, 7) is 5.59. The molecule has 0 aromatic heterocycles. The van der Waals surface area contributed by atoms with E-state index in [4.69, 9.17) is 4.74 Å². The third kappa shape index (κ3) is 3.56. The second-order valence-electron chi connectivity index (χ2n) is 5.55. The average molecular weight is 319 g/mol. The summed E-state index contributed by atoms with van der Waals surface area (Å²) in [4.78, 5) is 12.0. The quantitative estimate of drug-likeness (QED) is 0.735. The largest absolute Gasteiger partial charge is 0.465 e. The van der Waals surface area contributed by atoms with Crippen LogP contribution in [0.25, 0.3) is 0 Å². The molecule has 7 nitrogen and oxygen atoms in total. The van der Waals surface area contributed by atoms with Gasteiger partial charge in [-0.25, -0.2) is 0 Å². The second-order valence-corrected chi connectivity index (χ2v) is 7.38. The third-order valence-electron chi connectivity index (χ3n) is 4.09. The summed E-state index contributed by atoms with van der Waals surface area (Å²) in [5.41, 5.74) is 0. The van der Waals surface area contributed by atoms with E-state index in [0.717, 1.165) is 19.3 Å². The number of rotatable bonds is 4. The highest BCUT2D eigenvalue weighted by Gasteiger charge is 2.42. The van der Waals surface area contributed by atoms with Gasteiger partial charge in [0, 0.05) is 32.2 Å². The fraction of sp³-hybridized carbons (Fsp3) is 0.923. The zero-order valence-corrected chi connectivity index (χ0v) is 13.6. The molecule has 0 amide bonds. The van der Waals surface area contributed by atoms with Crippen molar-refractivity contribution in [1.29, 1.82) is 0 Å². The van der Waals surface area contributed by atoms with Crippen molar-refractivity contribution in [2.75, 3.05) is 32.8 Å². The molecule has 0 bridgehead atoms. The van der Waals surface area contributed by atoms with Crippen LogP contribution >= 0.6 is 0 Å². The van der Waals surface area contributed by atoms with E-state index in [0.29, 0.717) is 26.2 Å². The second kappa shape index (κ2) is 7.04. The number of piperidine rings is 1. The maximum absolute atomic E-state index is 12.9. The highest BCUT2D eigenvalue weighted by Crippen LogP contribution is 2.24. The molecule has 2 saturated heterocycles. The van der Waals surface area contributed by atoms with Gasteiger partial charge in [-0.15, -0.1) is 0 Å². The molecule has 0 radical (unpaired) electrons. The average Bonchev–Trinajstić information content (AvgIpc) is 2.48. The van der Waals surface area contributed by atoms with E-state index in [1.54, 1.807) is 6.92 Å². The Morgan fingerprint density at radius 3 is 2.71 bits per heavy atom. The summed E-state index contributed by atoms with van der Waals surface area (Å²) in [6.07, 6.45) is 2.80. The van der Waals surface area contributed by atoms with Crippen LogP contribution in [-0.4, -0.2) is 67.9 Å². The van der Waals surface area contributed by atoms with Crippen molar-refractivity contribution in [2.24, 2.45) is 0 Å². The number of nitrogens with one attached hydrogen (secondary N) is 1. The van der Waals surface area contributed by atoms with Crippen LogP contribution in [0.4, 0.5) is 0 Å². The monoisotopic (exact) mass is 319 g/mol. The molecule has 2 aliphatic rings. The van der Waals surface area contributed by atoms with Gasteiger partial charge in [-0.05, 0) is 26.7 Å². The fourth-order valence-electron chi connectivity index (χ4n) is 2.95. The van der Waals surface area contributed by atoms with Gasteiger partial charge in [0.05, 0.1) is 6.61 Å². The van der Waals surface area contributed by atoms with E-state index in [-0.39, 0.29) is 12.6 Å². The van der Waals surface area contributed by atoms with Gasteiger partial charge in [0.15, 0.2) is 0 Å². The molecule has 2 rings (SSSR count). The lowest BCUT2D eigenvalue weighted by molar-refractivity contribution is -0.148. The molecule has 21 heavy (non-hydrogen) atoms. The van der Waals surface area contributed by atoms with Crippen LogP contribution in [-0.2, 0) is 19.7 Å². The van der Waals surface area contributed by atoms with Crippen molar-refractivity contribution in [3.05, 3.63) is 0 Å². The number of ether oxygens (including phenoxy) is 1. The van der Waals surface area contributed by atoms with Crippen LogP contribution in [0.1, 0.15) is 33.1 Å². The lowest BCUT2D eigenvalue weighted by atomic mass is 10.1. The first-order valence-electron chi connectivity index (χ1n) is 7.64. The zero-order valence-electron chi connectivity index (χ0n) is 12.7. The van der Waals surface area contributed by atoms with Gasteiger partial charge in [-0.2, -0.15) is 17.0 Å². The molecular weight excluding hydrogens is 294 g/mol. The molecular formula is C13H25N3O4S. The molecule has 0 aromatic carbocycles. The molecule has 2 unspecified atom stereocenters. The lowest BCUT2D eigenvalue weighted by Gasteiger charge is -2.40. The number of nitrogens with zero attached hydrogens (tertiary/aromatic N) is 2. The predicted molar refractivity (Wildman–Crippen MR) is 78.9 cm³/mol. The van der Waals surface area contributed by atoms with E-state index >= 15 is 0 Å². The molecule has 8 heteroatoms. The van der Waals surface area contributed by atoms with Crippen molar-refractivity contribution < 1.29 is 17.9 Å². The minimum Gasteiger partial charge on any atom is -0.465 e. The Hall–Kier alpha value is -0.700. The number of esters is 1. The number of hydrogen-bond donors (Lipinski definition) is 1. The Labute approximate surface area is 126 Å². The van der Waals surface area contributed by atoms with Crippen molar-refractivity contribution in [1.82, 2.24) is 13.9 Å². The summed E-state index contributed by atoms with van der Waals surface area (Å²) in [5.74, 6) is -0.474. The molecule has 0 aromatic rings. The van der Waals surface area contributed by atoms with Crippen molar-refractivity contribution in [2.45, 2.75) is 45.2 Å².